The maximum Gasteiger partial charge on any atom is 1.00 e. The molecule has 0 aromatic rings. The molecule has 4 rings (SSSR count). The first-order valence-corrected chi connectivity index (χ1v) is 12.5. The second-order valence-corrected chi connectivity index (χ2v) is 11.3. The fourth-order valence-corrected chi connectivity index (χ4v) is 7.26. The predicted molar refractivity (Wildman–Crippen MR) is 116 cm³/mol. The second kappa shape index (κ2) is 11.1. The molecule has 0 aliphatic heterocycles. The third-order valence-corrected chi connectivity index (χ3v) is 8.79. The van der Waals surface area contributed by atoms with E-state index in [1.54, 1.807) is 26.8 Å². The smallest absolute Gasteiger partial charge is 1.00 e. The Morgan fingerprint density at radius 1 is 1.23 bits per heavy atom. The van der Waals surface area contributed by atoms with Crippen LogP contribution < -0.4 is 59.1 Å². The van der Waals surface area contributed by atoms with Gasteiger partial charge in [0, 0.05) is 16.7 Å². The summed E-state index contributed by atoms with van der Waals surface area (Å²) in [5, 5.41) is 32.0. The van der Waals surface area contributed by atoms with Gasteiger partial charge in [0.05, 0.1) is 6.10 Å². The Kier molecular flexibility index (Phi) is 10.7. The summed E-state index contributed by atoms with van der Waals surface area (Å²) in [4.78, 5) is 45.9. The van der Waals surface area contributed by atoms with Crippen molar-refractivity contribution < 1.29 is 111 Å². The molecule has 4 aliphatic rings. The Morgan fingerprint density at radius 2 is 1.77 bits per heavy atom. The van der Waals surface area contributed by atoms with E-state index >= 15 is 4.39 Å². The van der Waals surface area contributed by atoms with Crippen molar-refractivity contribution in [2.45, 2.75) is 63.8 Å². The predicted octanol–water partition coefficient (Wildman–Crippen LogP) is -4.80. The molecule has 4 aliphatic carbocycles. The van der Waals surface area contributed by atoms with Crippen molar-refractivity contribution in [3.63, 3.8) is 0 Å². The quantitative estimate of drug-likeness (QED) is 0.149. The van der Waals surface area contributed by atoms with Gasteiger partial charge in [0.15, 0.2) is 17.2 Å². The minimum Gasteiger partial charge on any atom is -1.00 e. The topological polar surface area (TPSA) is 173 Å². The zero-order chi connectivity index (χ0) is 25.2. The number of allylic oxidation sites excluding steroid dienone is 4. The van der Waals surface area contributed by atoms with Gasteiger partial charge in [-0.3, -0.25) is 9.59 Å². The van der Waals surface area contributed by atoms with Gasteiger partial charge >= 0.3 is 66.9 Å². The molecule has 9 nitrogen and oxygen atoms in total. The number of Topliss-reactive ketones (excluding diaryl/α,β-unsaturated/α-hetero) is 1. The number of aliphatic hydroxyl groups excluding tert-OH is 2. The molecular weight excluding hydrogens is 504 g/mol. The Bertz CT molecular complexity index is 974. The van der Waals surface area contributed by atoms with Gasteiger partial charge in [-0.1, -0.05) is 25.5 Å². The molecule has 13 heteroatoms. The molecular formula is C22H34FNa2O9P. The largest absolute Gasteiger partial charge is 1.00 e. The van der Waals surface area contributed by atoms with E-state index in [4.69, 9.17) is 19.2 Å². The van der Waals surface area contributed by atoms with Gasteiger partial charge in [-0.25, -0.2) is 8.96 Å². The summed E-state index contributed by atoms with van der Waals surface area (Å²) in [5.41, 5.74) is -5.17. The van der Waals surface area contributed by atoms with Crippen molar-refractivity contribution in [1.29, 1.82) is 0 Å². The molecule has 0 heterocycles. The van der Waals surface area contributed by atoms with Crippen LogP contribution >= 0.6 is 7.82 Å². The van der Waals surface area contributed by atoms with E-state index in [2.05, 4.69) is 0 Å². The molecule has 0 spiro atoms. The summed E-state index contributed by atoms with van der Waals surface area (Å²) >= 11 is 0. The van der Waals surface area contributed by atoms with Crippen molar-refractivity contribution in [1.82, 2.24) is 0 Å². The number of aliphatic hydroxyl groups is 3. The summed E-state index contributed by atoms with van der Waals surface area (Å²) in [5.74, 6) is -2.12. The zero-order valence-electron chi connectivity index (χ0n) is 22.8. The molecule has 0 aromatic heterocycles. The van der Waals surface area contributed by atoms with Gasteiger partial charge in [-0.15, -0.1) is 0 Å². The zero-order valence-corrected chi connectivity index (χ0v) is 25.7. The van der Waals surface area contributed by atoms with Gasteiger partial charge in [0.25, 0.3) is 0 Å². The standard InChI is InChI=1S/C22H29FO5.2Na.H3O4P.2H/c1-12-8-16-15-5-4-13-9-14(25)6-7-19(13,2)21(15,23)17(26)10-20(16,3)22(12,28)18(27)11-24;;;1-5(2,3)4;;/h6-7,9,12,15-17,24,26,28H,4-5,8,10-11H2,1-3H3;;;(H3,1,2,3,4);;/q;2*+1;;2*-1/t12-,15+,16+,17+,19+,20+,21+,22+;;;;;/m1...../s1. The molecule has 3 fully saturated rings. The molecule has 35 heavy (non-hydrogen) atoms. The summed E-state index contributed by atoms with van der Waals surface area (Å²) in [6.45, 7) is 4.48. The maximum absolute atomic E-state index is 16.9. The first-order chi connectivity index (χ1) is 15.0. The van der Waals surface area contributed by atoms with Crippen LogP contribution in [0.2, 0.25) is 0 Å². The van der Waals surface area contributed by atoms with Crippen molar-refractivity contribution in [2.75, 3.05) is 6.61 Å². The number of halogens is 1. The van der Waals surface area contributed by atoms with Crippen LogP contribution in [0.3, 0.4) is 0 Å². The first-order valence-electron chi connectivity index (χ1n) is 10.9. The fraction of sp³-hybridized carbons (Fsp3) is 0.727. The Labute approximate surface area is 251 Å². The number of ketones is 2. The van der Waals surface area contributed by atoms with E-state index in [0.29, 0.717) is 24.8 Å². The number of hydrogen-bond acceptors (Lipinski definition) is 6. The van der Waals surface area contributed by atoms with Crippen LogP contribution in [0.5, 0.6) is 0 Å². The van der Waals surface area contributed by atoms with E-state index in [0.717, 1.165) is 0 Å². The third kappa shape index (κ3) is 5.19. The Hall–Kier alpha value is 0.740. The fourth-order valence-electron chi connectivity index (χ4n) is 7.26. The van der Waals surface area contributed by atoms with Gasteiger partial charge in [-0.05, 0) is 56.6 Å². The van der Waals surface area contributed by atoms with Crippen LogP contribution in [0.15, 0.2) is 23.8 Å². The Morgan fingerprint density at radius 3 is 2.29 bits per heavy atom. The number of rotatable bonds is 2. The summed E-state index contributed by atoms with van der Waals surface area (Å²) in [7, 11) is -4.64. The molecule has 0 radical (unpaired) electrons. The molecule has 3 saturated carbocycles. The van der Waals surface area contributed by atoms with Crippen LogP contribution in [-0.2, 0) is 14.2 Å². The number of carbonyl (C=O) groups is 2. The maximum atomic E-state index is 16.9. The average Bonchev–Trinajstić information content (AvgIpc) is 2.89. The molecule has 0 bridgehead atoms. The number of phosphoric acid groups is 1. The number of hydrogen-bond donors (Lipinski definition) is 6. The van der Waals surface area contributed by atoms with Crippen LogP contribution in [0.1, 0.15) is 49.3 Å². The Balaban J connectivity index is 0. The molecule has 6 N–H and O–H groups in total. The van der Waals surface area contributed by atoms with Crippen molar-refractivity contribution in [2.24, 2.45) is 28.6 Å². The van der Waals surface area contributed by atoms with Crippen molar-refractivity contribution >= 4 is 19.4 Å². The first kappa shape index (κ1) is 33.8. The normalized spacial score (nSPS) is 43.7. The van der Waals surface area contributed by atoms with Gasteiger partial charge < -0.3 is 32.9 Å². The van der Waals surface area contributed by atoms with Crippen molar-refractivity contribution in [3.05, 3.63) is 23.8 Å². The number of alkyl halides is 1. The number of fused-ring (bicyclic) bond motifs is 5. The summed E-state index contributed by atoms with van der Waals surface area (Å²) in [6.07, 6.45) is 4.44. The SMILES string of the molecule is C[C@@H]1C[C@H]2[C@@H]3CCC4=CC(=O)C=C[C@]4(C)[C@@]3(F)[C@@H](O)C[C@]2(C)[C@@]1(O)C(=O)CO.O=P(O)(O)O.[H-].[H-].[Na+].[Na+]. The molecule has 8 atom stereocenters. The van der Waals surface area contributed by atoms with Crippen LogP contribution in [0.25, 0.3) is 0 Å². The third-order valence-electron chi connectivity index (χ3n) is 8.79. The number of carbonyl (C=O) groups excluding carboxylic acids is 2. The average molecular weight is 538 g/mol. The van der Waals surface area contributed by atoms with E-state index < -0.39 is 60.3 Å². The van der Waals surface area contributed by atoms with E-state index in [-0.39, 0.29) is 80.1 Å². The summed E-state index contributed by atoms with van der Waals surface area (Å²) in [6, 6.07) is 0. The monoisotopic (exact) mass is 538 g/mol. The molecule has 0 saturated heterocycles. The van der Waals surface area contributed by atoms with Gasteiger partial charge in [-0.2, -0.15) is 0 Å². The molecule has 0 aromatic carbocycles. The molecule has 190 valence electrons. The minimum atomic E-state index is -4.64. The van der Waals surface area contributed by atoms with Crippen molar-refractivity contribution in [3.8, 4) is 0 Å². The van der Waals surface area contributed by atoms with Crippen LogP contribution in [0, 0.1) is 28.6 Å². The van der Waals surface area contributed by atoms with Gasteiger partial charge in [0.2, 0.25) is 0 Å². The second-order valence-electron chi connectivity index (χ2n) is 10.3. The van der Waals surface area contributed by atoms with E-state index in [1.807, 2.05) is 0 Å². The van der Waals surface area contributed by atoms with E-state index in [1.165, 1.54) is 12.2 Å². The molecule has 0 amide bonds. The summed E-state index contributed by atoms with van der Waals surface area (Å²) < 4.78 is 25.7. The molecule has 0 unspecified atom stereocenters. The van der Waals surface area contributed by atoms with E-state index in [9.17, 15) is 24.9 Å². The van der Waals surface area contributed by atoms with Crippen LogP contribution in [0.4, 0.5) is 4.39 Å². The van der Waals surface area contributed by atoms with Crippen LogP contribution in [-0.4, -0.2) is 65.5 Å². The minimum absolute atomic E-state index is 0. The van der Waals surface area contributed by atoms with Gasteiger partial charge in [0.1, 0.15) is 12.2 Å².